The van der Waals surface area contributed by atoms with Crippen LogP contribution in [0, 0.1) is 0 Å². The number of furan rings is 1. The molecule has 2 aliphatic heterocycles. The van der Waals surface area contributed by atoms with Crippen molar-refractivity contribution in [2.45, 2.75) is 26.4 Å². The molecular formula is C63H57N5O11. The van der Waals surface area contributed by atoms with Crippen molar-refractivity contribution in [1.29, 1.82) is 0 Å². The summed E-state index contributed by atoms with van der Waals surface area (Å²) in [6.45, 7) is 10.1. The highest BCUT2D eigenvalue weighted by molar-refractivity contribution is 6.06. The minimum Gasteiger partial charge on any atom is -0.508 e. The molecule has 0 bridgehead atoms. The van der Waals surface area contributed by atoms with Crippen LogP contribution in [0.25, 0.3) is 77.4 Å². The molecule has 0 radical (unpaired) electrons. The number of aromatic hydroxyl groups is 1. The van der Waals surface area contributed by atoms with Gasteiger partial charge < -0.3 is 51.8 Å². The largest absolute Gasteiger partial charge is 0.508 e. The Kier molecular flexibility index (Phi) is 15.2. The predicted molar refractivity (Wildman–Crippen MR) is 306 cm³/mol. The summed E-state index contributed by atoms with van der Waals surface area (Å²) < 4.78 is 45.3. The van der Waals surface area contributed by atoms with Crippen LogP contribution in [0.15, 0.2) is 175 Å². The molecule has 400 valence electrons. The van der Waals surface area contributed by atoms with Crippen LogP contribution in [0.2, 0.25) is 0 Å². The number of hydrogen-bond acceptors (Lipinski definition) is 16. The fourth-order valence-electron chi connectivity index (χ4n) is 9.65. The van der Waals surface area contributed by atoms with Gasteiger partial charge in [0.1, 0.15) is 34.8 Å². The van der Waals surface area contributed by atoms with Gasteiger partial charge in [0.15, 0.2) is 40.0 Å². The molecular weight excluding hydrogens is 1000 g/mol. The van der Waals surface area contributed by atoms with Crippen LogP contribution >= 0.6 is 0 Å². The number of phenolic OH excluding ortho intramolecular Hbond substituents is 1. The Morgan fingerprint density at radius 2 is 1.34 bits per heavy atom. The van der Waals surface area contributed by atoms with Crippen molar-refractivity contribution in [2.75, 3.05) is 76.6 Å². The van der Waals surface area contributed by atoms with E-state index in [1.54, 1.807) is 50.7 Å². The molecule has 2 saturated heterocycles. The second kappa shape index (κ2) is 23.2. The number of anilines is 2. The van der Waals surface area contributed by atoms with E-state index >= 15 is 0 Å². The molecule has 0 saturated carbocycles. The molecule has 1 N–H and O–H groups in total. The average Bonchev–Trinajstić information content (AvgIpc) is 4.12. The average molecular weight is 1060 g/mol. The third-order valence-corrected chi connectivity index (χ3v) is 13.9. The maximum Gasteiger partial charge on any atom is 0.344 e. The molecule has 16 nitrogen and oxygen atoms in total. The van der Waals surface area contributed by atoms with E-state index in [1.807, 2.05) is 115 Å². The first-order valence-electron chi connectivity index (χ1n) is 26.1. The Morgan fingerprint density at radius 1 is 0.608 bits per heavy atom. The van der Waals surface area contributed by atoms with E-state index in [1.165, 1.54) is 0 Å². The van der Waals surface area contributed by atoms with E-state index in [-0.39, 0.29) is 16.8 Å². The lowest BCUT2D eigenvalue weighted by Gasteiger charge is -2.27. The predicted octanol–water partition coefficient (Wildman–Crippen LogP) is 11.9. The Hall–Kier alpha value is -9.25. The molecule has 5 aromatic heterocycles. The van der Waals surface area contributed by atoms with Gasteiger partial charge in [-0.15, -0.1) is 0 Å². The van der Waals surface area contributed by atoms with Gasteiger partial charge in [0.2, 0.25) is 5.71 Å². The van der Waals surface area contributed by atoms with Crippen LogP contribution in [0.3, 0.4) is 0 Å². The van der Waals surface area contributed by atoms with Crippen molar-refractivity contribution >= 4 is 66.6 Å². The van der Waals surface area contributed by atoms with Crippen molar-refractivity contribution in [1.82, 2.24) is 15.0 Å². The Bertz CT molecular complexity index is 4070. The van der Waals surface area contributed by atoms with Crippen molar-refractivity contribution in [3.8, 4) is 45.5 Å². The van der Waals surface area contributed by atoms with E-state index in [4.69, 9.17) is 46.9 Å². The molecule has 2 fully saturated rings. The number of benzene rings is 6. The first-order chi connectivity index (χ1) is 38.6. The number of hydrogen-bond donors (Lipinski definition) is 1. The van der Waals surface area contributed by atoms with Gasteiger partial charge >= 0.3 is 5.63 Å². The first kappa shape index (κ1) is 51.8. The van der Waals surface area contributed by atoms with Crippen LogP contribution in [0.5, 0.6) is 23.0 Å². The summed E-state index contributed by atoms with van der Waals surface area (Å²) >= 11 is 0. The molecule has 0 amide bonds. The van der Waals surface area contributed by atoms with Gasteiger partial charge in [-0.25, -0.2) is 19.7 Å². The van der Waals surface area contributed by atoms with E-state index < -0.39 is 0 Å². The number of methoxy groups -OCH3 is 2. The van der Waals surface area contributed by atoms with E-state index in [9.17, 15) is 14.7 Å². The summed E-state index contributed by atoms with van der Waals surface area (Å²) in [5, 5.41) is 13.5. The summed E-state index contributed by atoms with van der Waals surface area (Å²) in [7, 11) is 3.23. The van der Waals surface area contributed by atoms with Crippen molar-refractivity contribution in [3.63, 3.8) is 0 Å². The SMILES string of the molecule is COc1ccc(COc2cc3oc(=O)c4cc(C(C)C)ccc4c3cc2OC)cc1.O=c1cc(N2CCOCC2)oc2c(-c3ccccc3)cccc12.Oc1cccc(-c2nc(N3CCOCC3)c3oc4ncccc4c3n2)c1. The van der Waals surface area contributed by atoms with Gasteiger partial charge in [0.05, 0.1) is 56.8 Å². The van der Waals surface area contributed by atoms with Crippen molar-refractivity contribution < 1.29 is 42.0 Å². The monoisotopic (exact) mass is 1060 g/mol. The van der Waals surface area contributed by atoms with Gasteiger partial charge in [-0.05, 0) is 77.2 Å². The van der Waals surface area contributed by atoms with Gasteiger partial charge in [-0.3, -0.25) is 4.79 Å². The highest BCUT2D eigenvalue weighted by atomic mass is 16.5. The Balaban J connectivity index is 0.000000126. The lowest BCUT2D eigenvalue weighted by molar-refractivity contribution is 0.121. The molecule has 0 aliphatic carbocycles. The molecule has 6 aromatic carbocycles. The number of phenols is 1. The molecule has 16 heteroatoms. The molecule has 0 atom stereocenters. The highest BCUT2D eigenvalue weighted by Gasteiger charge is 2.24. The lowest BCUT2D eigenvalue weighted by Crippen LogP contribution is -2.37. The van der Waals surface area contributed by atoms with Crippen LogP contribution < -0.4 is 35.1 Å². The number of nitrogens with zero attached hydrogens (tertiary/aromatic N) is 5. The quantitative estimate of drug-likeness (QED) is 0.101. The summed E-state index contributed by atoms with van der Waals surface area (Å²) in [5.41, 5.74) is 7.46. The summed E-state index contributed by atoms with van der Waals surface area (Å²) in [6, 6.07) is 45.2. The van der Waals surface area contributed by atoms with Gasteiger partial charge in [0, 0.05) is 66.4 Å². The number of aromatic nitrogens is 3. The number of ether oxygens (including phenoxy) is 5. The fraction of sp³-hybridized carbons (Fsp3) is 0.222. The summed E-state index contributed by atoms with van der Waals surface area (Å²) in [4.78, 5) is 43.1. The van der Waals surface area contributed by atoms with Gasteiger partial charge in [-0.1, -0.05) is 92.7 Å². The number of fused-ring (bicyclic) bond motifs is 7. The van der Waals surface area contributed by atoms with Gasteiger partial charge in [0.25, 0.3) is 0 Å². The highest BCUT2D eigenvalue weighted by Crippen LogP contribution is 2.38. The second-order valence-corrected chi connectivity index (χ2v) is 19.2. The zero-order valence-corrected chi connectivity index (χ0v) is 44.1. The smallest absolute Gasteiger partial charge is 0.344 e. The normalized spacial score (nSPS) is 13.6. The maximum atomic E-state index is 12.6. The van der Waals surface area contributed by atoms with Crippen LogP contribution in [-0.2, 0) is 16.1 Å². The van der Waals surface area contributed by atoms with Crippen LogP contribution in [0.4, 0.5) is 11.7 Å². The molecule has 0 spiro atoms. The van der Waals surface area contributed by atoms with Crippen molar-refractivity contribution in [3.05, 3.63) is 184 Å². The zero-order valence-electron chi connectivity index (χ0n) is 44.1. The third-order valence-electron chi connectivity index (χ3n) is 13.9. The van der Waals surface area contributed by atoms with Crippen molar-refractivity contribution in [2.24, 2.45) is 0 Å². The fourth-order valence-corrected chi connectivity index (χ4v) is 9.65. The number of pyridine rings is 1. The molecule has 11 aromatic rings. The number of para-hydroxylation sites is 1. The molecule has 13 rings (SSSR count). The minimum atomic E-state index is -0.355. The molecule has 79 heavy (non-hydrogen) atoms. The second-order valence-electron chi connectivity index (χ2n) is 19.2. The standard InChI is InChI=1S/C25H24O5.C19H16N4O3.C19H17NO3/c1-15(2)17-7-10-19-20-12-23(28-4)24(13-22(20)30-25(26)21(19)11-17)29-14-16-5-8-18(27-3)9-6-16;24-13-4-1-3-12(11-13)17-21-15-14-5-2-6-20-19(14)26-16(15)18(22-17)23-7-9-25-10-8-23;21-17-13-18(20-9-11-22-12-10-20)23-19-15(7-4-8-16(17)19)14-5-2-1-3-6-14/h5-13,15H,14H2,1-4H3;1-6,11,24H,7-10H2;1-8,13H,9-12H2. The van der Waals surface area contributed by atoms with Gasteiger partial charge in [-0.2, -0.15) is 0 Å². The lowest BCUT2D eigenvalue weighted by atomic mass is 9.98. The number of morpholine rings is 2. The molecule has 2 aliphatic rings. The maximum absolute atomic E-state index is 12.6. The number of rotatable bonds is 10. The Morgan fingerprint density at radius 3 is 2.08 bits per heavy atom. The third kappa shape index (κ3) is 11.1. The zero-order chi connectivity index (χ0) is 54.4. The van der Waals surface area contributed by atoms with Crippen LogP contribution in [0.1, 0.15) is 30.9 Å². The molecule has 7 heterocycles. The summed E-state index contributed by atoms with van der Waals surface area (Å²) in [6.07, 6.45) is 1.70. The summed E-state index contributed by atoms with van der Waals surface area (Å²) in [5.74, 6) is 4.29. The Labute approximate surface area is 454 Å². The molecule has 0 unspecified atom stereocenters. The minimum absolute atomic E-state index is 0.00878. The van der Waals surface area contributed by atoms with E-state index in [0.29, 0.717) is 95.4 Å². The topological polar surface area (TPSA) is 185 Å². The van der Waals surface area contributed by atoms with E-state index in [2.05, 4.69) is 28.6 Å². The van der Waals surface area contributed by atoms with Crippen LogP contribution in [-0.4, -0.2) is 86.9 Å². The first-order valence-corrected chi connectivity index (χ1v) is 26.1. The van der Waals surface area contributed by atoms with E-state index in [0.717, 1.165) is 87.2 Å².